The second kappa shape index (κ2) is 9.48. The molecule has 3 atom stereocenters. The number of rotatable bonds is 7. The molecule has 21 heavy (non-hydrogen) atoms. The van der Waals surface area contributed by atoms with Crippen LogP contribution in [-0.2, 0) is 22.8 Å². The fraction of sp³-hybridized carbons (Fsp3) is 0.800. The maximum atomic E-state index is 9.19. The highest BCUT2D eigenvalue weighted by molar-refractivity contribution is 6.60. The Labute approximate surface area is 129 Å². The van der Waals surface area contributed by atoms with Crippen LogP contribution in [0.5, 0.6) is 0 Å². The number of hydrogen-bond acceptors (Lipinski definition) is 5. The van der Waals surface area contributed by atoms with Crippen LogP contribution in [0.15, 0.2) is 12.2 Å². The minimum Gasteiger partial charge on any atom is -0.377 e. The molecule has 0 bridgehead atoms. The summed E-state index contributed by atoms with van der Waals surface area (Å²) in [6, 6.07) is 0.915. The van der Waals surface area contributed by atoms with Crippen LogP contribution in [0.3, 0.4) is 0 Å². The predicted molar refractivity (Wildman–Crippen MR) is 82.7 cm³/mol. The number of ether oxygens (including phenoxy) is 1. The average molecular weight is 315 g/mol. The van der Waals surface area contributed by atoms with Gasteiger partial charge in [-0.2, -0.15) is 0 Å². The average Bonchev–Trinajstić information content (AvgIpc) is 3.29. The minimum atomic E-state index is -2.35. The first kappa shape index (κ1) is 18.5. The molecule has 3 unspecified atom stereocenters. The van der Waals surface area contributed by atoms with Crippen molar-refractivity contribution in [2.24, 2.45) is 5.92 Å². The van der Waals surface area contributed by atoms with E-state index < -0.39 is 8.80 Å². The van der Waals surface area contributed by atoms with Crippen molar-refractivity contribution in [2.75, 3.05) is 21.3 Å². The van der Waals surface area contributed by atoms with Crippen molar-refractivity contribution in [2.45, 2.75) is 50.9 Å². The van der Waals surface area contributed by atoms with E-state index in [-0.39, 0.29) is 0 Å². The fourth-order valence-electron chi connectivity index (χ4n) is 2.75. The molecule has 0 aromatic carbocycles. The van der Waals surface area contributed by atoms with Gasteiger partial charge in [-0.05, 0) is 44.6 Å². The van der Waals surface area contributed by atoms with Gasteiger partial charge in [-0.3, -0.25) is 4.79 Å². The van der Waals surface area contributed by atoms with Crippen molar-refractivity contribution in [1.29, 1.82) is 0 Å². The van der Waals surface area contributed by atoms with E-state index in [2.05, 4.69) is 0 Å². The second-order valence-corrected chi connectivity index (χ2v) is 8.43. The van der Waals surface area contributed by atoms with E-state index in [4.69, 9.17) is 18.0 Å². The minimum absolute atomic E-state index is 0.558. The van der Waals surface area contributed by atoms with E-state index in [1.54, 1.807) is 40.6 Å². The van der Waals surface area contributed by atoms with Crippen LogP contribution in [0, 0.1) is 5.92 Å². The molecule has 2 fully saturated rings. The lowest BCUT2D eigenvalue weighted by Crippen LogP contribution is -2.43. The molecule has 121 valence electrons. The first-order chi connectivity index (χ1) is 10.1. The Hall–Kier alpha value is -0.533. The number of hydrogen-bond donors (Lipinski definition) is 0. The highest BCUT2D eigenvalue weighted by Gasteiger charge is 2.45. The Balaban J connectivity index is 0.000000383. The van der Waals surface area contributed by atoms with E-state index in [1.807, 2.05) is 0 Å². The van der Waals surface area contributed by atoms with E-state index in [0.29, 0.717) is 12.2 Å². The van der Waals surface area contributed by atoms with Crippen LogP contribution in [0.25, 0.3) is 0 Å². The Morgan fingerprint density at radius 2 is 1.86 bits per heavy atom. The molecular formula is C15H27O5Si. The monoisotopic (exact) mass is 315 g/mol. The first-order valence-corrected chi connectivity index (χ1v) is 9.37. The summed E-state index contributed by atoms with van der Waals surface area (Å²) in [6.07, 6.45) is 10.5. The van der Waals surface area contributed by atoms with Gasteiger partial charge in [0.25, 0.3) is 0 Å². The Bertz CT molecular complexity index is 322. The molecule has 1 radical (unpaired) electrons. The quantitative estimate of drug-likeness (QED) is 0.410. The summed E-state index contributed by atoms with van der Waals surface area (Å²) in [5, 5.41) is 0. The van der Waals surface area contributed by atoms with E-state index in [1.165, 1.54) is 25.3 Å². The molecular weight excluding hydrogens is 288 g/mol. The van der Waals surface area contributed by atoms with Gasteiger partial charge in [0.05, 0.1) is 12.2 Å². The largest absolute Gasteiger partial charge is 0.500 e. The molecule has 0 N–H and O–H groups in total. The van der Waals surface area contributed by atoms with E-state index >= 15 is 0 Å². The Morgan fingerprint density at radius 1 is 1.19 bits per heavy atom. The third-order valence-corrected chi connectivity index (χ3v) is 6.91. The zero-order valence-corrected chi connectivity index (χ0v) is 14.5. The number of epoxide rings is 1. The fourth-order valence-corrected chi connectivity index (χ4v) is 4.63. The maximum absolute atomic E-state index is 9.19. The summed E-state index contributed by atoms with van der Waals surface area (Å²) in [5.41, 5.74) is 0. The molecule has 1 aliphatic heterocycles. The standard InChI is InChI=1S/C11H22O4Si.C4H5O/c1-12-16(13-2,14-3)7-6-9-4-5-10-11(8-9)15-10;1-2-3-4-5/h9-11H,4-8H2,1-3H3;2-3H,1H3. The second-order valence-electron chi connectivity index (χ2n) is 5.34. The topological polar surface area (TPSA) is 57.3 Å². The van der Waals surface area contributed by atoms with Crippen LogP contribution in [-0.4, -0.2) is 48.6 Å². The zero-order chi connectivity index (χ0) is 15.7. The SMILES string of the molecule is CC=C[C]=O.CO[Si](CCC1CCC2OC2C1)(OC)OC. The molecule has 1 aliphatic carbocycles. The van der Waals surface area contributed by atoms with Gasteiger partial charge in [-0.15, -0.1) is 0 Å². The molecule has 0 aromatic heterocycles. The van der Waals surface area contributed by atoms with Gasteiger partial charge < -0.3 is 18.0 Å². The lowest BCUT2D eigenvalue weighted by atomic mass is 9.88. The van der Waals surface area contributed by atoms with Crippen molar-refractivity contribution < 1.29 is 22.8 Å². The van der Waals surface area contributed by atoms with Crippen molar-refractivity contribution in [3.63, 3.8) is 0 Å². The summed E-state index contributed by atoms with van der Waals surface area (Å²) >= 11 is 0. The van der Waals surface area contributed by atoms with Gasteiger partial charge in [-0.25, -0.2) is 0 Å². The first-order valence-electron chi connectivity index (χ1n) is 7.44. The van der Waals surface area contributed by atoms with Gasteiger partial charge in [0.1, 0.15) is 0 Å². The number of allylic oxidation sites excluding steroid dienone is 2. The summed E-state index contributed by atoms with van der Waals surface area (Å²) in [7, 11) is 2.69. The van der Waals surface area contributed by atoms with E-state index in [9.17, 15) is 4.79 Å². The van der Waals surface area contributed by atoms with Crippen molar-refractivity contribution >= 4 is 15.1 Å². The Kier molecular flexibility index (Phi) is 8.36. The van der Waals surface area contributed by atoms with Crippen LogP contribution in [0.1, 0.15) is 32.6 Å². The highest BCUT2D eigenvalue weighted by Crippen LogP contribution is 2.41. The van der Waals surface area contributed by atoms with Crippen molar-refractivity contribution in [3.8, 4) is 0 Å². The summed E-state index contributed by atoms with van der Waals surface area (Å²) in [4.78, 5) is 9.19. The van der Waals surface area contributed by atoms with Crippen LogP contribution >= 0.6 is 0 Å². The summed E-state index contributed by atoms with van der Waals surface area (Å²) in [5.74, 6) is 0.760. The number of fused-ring (bicyclic) bond motifs is 1. The summed E-state index contributed by atoms with van der Waals surface area (Å²) in [6.45, 7) is 1.77. The molecule has 5 nitrogen and oxygen atoms in total. The third-order valence-electron chi connectivity index (χ3n) is 4.14. The lowest BCUT2D eigenvalue weighted by molar-refractivity contribution is 0.120. The van der Waals surface area contributed by atoms with Gasteiger partial charge in [0.15, 0.2) is 0 Å². The van der Waals surface area contributed by atoms with Gasteiger partial charge in [0.2, 0.25) is 6.29 Å². The molecule has 1 saturated carbocycles. The molecule has 6 heteroatoms. The molecule has 0 aromatic rings. The van der Waals surface area contributed by atoms with Crippen molar-refractivity contribution in [1.82, 2.24) is 0 Å². The number of carbonyl (C=O) groups excluding carboxylic acids is 1. The predicted octanol–water partition coefficient (Wildman–Crippen LogP) is 2.49. The van der Waals surface area contributed by atoms with Gasteiger partial charge in [0, 0.05) is 27.4 Å². The third kappa shape index (κ3) is 6.00. The Morgan fingerprint density at radius 3 is 2.29 bits per heavy atom. The normalized spacial score (nSPS) is 27.7. The summed E-state index contributed by atoms with van der Waals surface area (Å²) < 4.78 is 21.8. The van der Waals surface area contributed by atoms with Gasteiger partial charge >= 0.3 is 8.80 Å². The van der Waals surface area contributed by atoms with E-state index in [0.717, 1.165) is 18.4 Å². The van der Waals surface area contributed by atoms with Crippen LogP contribution in [0.2, 0.25) is 6.04 Å². The molecule has 1 heterocycles. The smallest absolute Gasteiger partial charge is 0.377 e. The highest BCUT2D eigenvalue weighted by atomic mass is 28.4. The maximum Gasteiger partial charge on any atom is 0.500 e. The molecule has 2 rings (SSSR count). The molecule has 0 spiro atoms. The van der Waals surface area contributed by atoms with Crippen LogP contribution < -0.4 is 0 Å². The van der Waals surface area contributed by atoms with Gasteiger partial charge in [-0.1, -0.05) is 6.08 Å². The lowest BCUT2D eigenvalue weighted by Gasteiger charge is -2.27. The zero-order valence-electron chi connectivity index (χ0n) is 13.5. The molecule has 1 saturated heterocycles. The molecule has 2 aliphatic rings. The van der Waals surface area contributed by atoms with Crippen LogP contribution in [0.4, 0.5) is 0 Å². The van der Waals surface area contributed by atoms with Crippen molar-refractivity contribution in [3.05, 3.63) is 12.2 Å². The molecule has 0 amide bonds.